The second-order valence-electron chi connectivity index (χ2n) is 5.77. The monoisotopic (exact) mass is 375 g/mol. The molecule has 0 aliphatic heterocycles. The minimum atomic E-state index is -1.68. The lowest BCUT2D eigenvalue weighted by molar-refractivity contribution is -0.862. The summed E-state index contributed by atoms with van der Waals surface area (Å²) < 4.78 is 39.5. The van der Waals surface area contributed by atoms with Crippen LogP contribution in [-0.4, -0.2) is 50.4 Å². The molecule has 10 heteroatoms. The van der Waals surface area contributed by atoms with Gasteiger partial charge in [-0.2, -0.15) is 0 Å². The number of nitrogens with one attached hydrogen (secondary N) is 4. The predicted molar refractivity (Wildman–Crippen MR) is 87.9 cm³/mol. The number of carbonyl (C=O) groups excluding carboxylic acids is 3. The fourth-order valence-electron chi connectivity index (χ4n) is 2.11. The highest BCUT2D eigenvalue weighted by Gasteiger charge is 2.20. The zero-order chi connectivity index (χ0) is 19.9. The molecule has 0 aliphatic carbocycles. The molecule has 144 valence electrons. The van der Waals surface area contributed by atoms with Gasteiger partial charge in [-0.25, -0.2) is 13.2 Å². The molecule has 0 saturated carbocycles. The number of quaternary nitrogens is 1. The van der Waals surface area contributed by atoms with E-state index < -0.39 is 41.0 Å². The molecule has 2 atom stereocenters. The van der Waals surface area contributed by atoms with E-state index in [2.05, 4.69) is 16.0 Å². The molecule has 1 aromatic carbocycles. The van der Waals surface area contributed by atoms with Crippen molar-refractivity contribution in [3.63, 3.8) is 0 Å². The fraction of sp³-hybridized carbons (Fsp3) is 0.438. The van der Waals surface area contributed by atoms with Gasteiger partial charge in [0.25, 0.3) is 11.8 Å². The van der Waals surface area contributed by atoms with E-state index >= 15 is 0 Å². The molecule has 0 bridgehead atoms. The van der Waals surface area contributed by atoms with Crippen LogP contribution in [0.15, 0.2) is 12.1 Å². The molecule has 0 spiro atoms. The number of hydrogen-bond donors (Lipinski definition) is 4. The lowest BCUT2D eigenvalue weighted by atomic mass is 10.2. The fourth-order valence-corrected chi connectivity index (χ4v) is 2.11. The van der Waals surface area contributed by atoms with E-state index in [-0.39, 0.29) is 19.0 Å². The first kappa shape index (κ1) is 21.4. The zero-order valence-corrected chi connectivity index (χ0v) is 14.7. The number of benzene rings is 1. The van der Waals surface area contributed by atoms with Gasteiger partial charge in [0.1, 0.15) is 6.04 Å². The Bertz CT molecular complexity index is 685. The quantitative estimate of drug-likeness (QED) is 0.448. The summed E-state index contributed by atoms with van der Waals surface area (Å²) >= 11 is 0. The van der Waals surface area contributed by atoms with Crippen LogP contribution >= 0.6 is 0 Å². The zero-order valence-electron chi connectivity index (χ0n) is 14.7. The van der Waals surface area contributed by atoms with Gasteiger partial charge >= 0.3 is 0 Å². The van der Waals surface area contributed by atoms with Gasteiger partial charge in [-0.15, -0.1) is 0 Å². The summed E-state index contributed by atoms with van der Waals surface area (Å²) in [6.45, 7) is 3.37. The summed E-state index contributed by atoms with van der Waals surface area (Å²) in [7, 11) is 1.54. The molecule has 1 unspecified atom stereocenters. The van der Waals surface area contributed by atoms with Gasteiger partial charge in [0.15, 0.2) is 30.5 Å². The molecule has 0 aliphatic rings. The first-order valence-electron chi connectivity index (χ1n) is 7.97. The van der Waals surface area contributed by atoms with Crippen molar-refractivity contribution in [3.8, 4) is 0 Å². The third-order valence-electron chi connectivity index (χ3n) is 3.36. The first-order valence-corrected chi connectivity index (χ1v) is 7.97. The minimum absolute atomic E-state index is 0.114. The van der Waals surface area contributed by atoms with Gasteiger partial charge in [-0.1, -0.05) is 0 Å². The maximum atomic E-state index is 13.5. The van der Waals surface area contributed by atoms with E-state index in [4.69, 9.17) is 0 Å². The van der Waals surface area contributed by atoms with Gasteiger partial charge in [-0.05, 0) is 26.0 Å². The number of hydrogen-bond acceptors (Lipinski definition) is 3. The van der Waals surface area contributed by atoms with E-state index in [1.165, 1.54) is 14.0 Å². The third kappa shape index (κ3) is 6.36. The van der Waals surface area contributed by atoms with E-state index in [0.29, 0.717) is 17.5 Å². The topological polar surface area (TPSA) is 91.7 Å². The Morgan fingerprint density at radius 1 is 1.08 bits per heavy atom. The smallest absolute Gasteiger partial charge is 0.279 e. The van der Waals surface area contributed by atoms with Crippen LogP contribution in [0.3, 0.4) is 0 Å². The summed E-state index contributed by atoms with van der Waals surface area (Å²) in [5.74, 6) is -6.00. The van der Waals surface area contributed by atoms with Crippen molar-refractivity contribution in [2.45, 2.75) is 19.9 Å². The van der Waals surface area contributed by atoms with Crippen molar-refractivity contribution in [1.82, 2.24) is 10.6 Å². The Morgan fingerprint density at radius 3 is 2.31 bits per heavy atom. The molecule has 1 aromatic rings. The Balaban J connectivity index is 2.51. The van der Waals surface area contributed by atoms with Gasteiger partial charge in [0.05, 0.1) is 12.7 Å². The standard InChI is InChI=1S/C16H21F3N4O3/c1-4-20-16(26)9(2)21-12(24)7-23(3)8-13(25)22-11-6-5-10(17)14(18)15(11)19/h5-6,9H,4,7-8H2,1-3H3,(H,20,26)(H,21,24)(H,22,25)/p+1/t9-/m1/s1. The Morgan fingerprint density at radius 2 is 1.69 bits per heavy atom. The van der Waals surface area contributed by atoms with Crippen molar-refractivity contribution in [3.05, 3.63) is 29.6 Å². The van der Waals surface area contributed by atoms with Crippen molar-refractivity contribution >= 4 is 23.4 Å². The van der Waals surface area contributed by atoms with Crippen LogP contribution in [0.2, 0.25) is 0 Å². The predicted octanol–water partition coefficient (Wildman–Crippen LogP) is -0.802. The Kier molecular flexibility index (Phi) is 8.04. The van der Waals surface area contributed by atoms with Crippen LogP contribution in [-0.2, 0) is 14.4 Å². The Labute approximate surface area is 148 Å². The van der Waals surface area contributed by atoms with Crippen LogP contribution in [0.25, 0.3) is 0 Å². The van der Waals surface area contributed by atoms with Crippen molar-refractivity contribution < 1.29 is 32.5 Å². The van der Waals surface area contributed by atoms with Crippen LogP contribution in [0, 0.1) is 17.5 Å². The molecule has 0 aromatic heterocycles. The summed E-state index contributed by atoms with van der Waals surface area (Å²) in [5, 5.41) is 7.17. The summed E-state index contributed by atoms with van der Waals surface area (Å²) in [6.07, 6.45) is 0. The third-order valence-corrected chi connectivity index (χ3v) is 3.36. The molecular formula is C16H22F3N4O3+. The van der Waals surface area contributed by atoms with E-state index in [1.54, 1.807) is 6.92 Å². The molecule has 0 saturated heterocycles. The van der Waals surface area contributed by atoms with Crippen LogP contribution in [0.4, 0.5) is 18.9 Å². The number of likely N-dealkylation sites (N-methyl/N-ethyl adjacent to an activating group) is 2. The molecular weight excluding hydrogens is 353 g/mol. The molecule has 7 nitrogen and oxygen atoms in total. The highest BCUT2D eigenvalue weighted by Crippen LogP contribution is 2.19. The number of amides is 3. The average molecular weight is 375 g/mol. The maximum Gasteiger partial charge on any atom is 0.279 e. The maximum absolute atomic E-state index is 13.5. The summed E-state index contributed by atoms with van der Waals surface area (Å²) in [5.41, 5.74) is -0.490. The van der Waals surface area contributed by atoms with Crippen LogP contribution in [0.5, 0.6) is 0 Å². The SMILES string of the molecule is CCNC(=O)[C@@H](C)NC(=O)C[NH+](C)CC(=O)Nc1ccc(F)c(F)c1F. The molecule has 0 fully saturated rings. The van der Waals surface area contributed by atoms with E-state index in [9.17, 15) is 27.6 Å². The number of anilines is 1. The highest BCUT2D eigenvalue weighted by atomic mass is 19.2. The van der Waals surface area contributed by atoms with Crippen LogP contribution in [0.1, 0.15) is 13.8 Å². The average Bonchev–Trinajstić information content (AvgIpc) is 2.55. The van der Waals surface area contributed by atoms with Gasteiger partial charge in [0, 0.05) is 6.54 Å². The molecule has 3 amide bonds. The summed E-state index contributed by atoms with van der Waals surface area (Å²) in [6, 6.07) is 0.878. The number of rotatable bonds is 8. The van der Waals surface area contributed by atoms with Gasteiger partial charge in [-0.3, -0.25) is 14.4 Å². The van der Waals surface area contributed by atoms with E-state index in [0.717, 1.165) is 6.07 Å². The normalized spacial score (nSPS) is 12.8. The number of halogens is 3. The lowest BCUT2D eigenvalue weighted by Gasteiger charge is -2.16. The highest BCUT2D eigenvalue weighted by molar-refractivity contribution is 5.92. The van der Waals surface area contributed by atoms with Crippen molar-refractivity contribution in [2.75, 3.05) is 32.0 Å². The number of carbonyl (C=O) groups is 3. The van der Waals surface area contributed by atoms with Gasteiger partial charge in [0.2, 0.25) is 5.91 Å². The second kappa shape index (κ2) is 9.76. The van der Waals surface area contributed by atoms with Gasteiger partial charge < -0.3 is 20.9 Å². The van der Waals surface area contributed by atoms with Crippen LogP contribution < -0.4 is 20.9 Å². The first-order chi connectivity index (χ1) is 12.1. The van der Waals surface area contributed by atoms with Crippen molar-refractivity contribution in [1.29, 1.82) is 0 Å². The van der Waals surface area contributed by atoms with Crippen molar-refractivity contribution in [2.24, 2.45) is 0 Å². The largest absolute Gasteiger partial charge is 0.355 e. The Hall–Kier alpha value is -2.62. The lowest BCUT2D eigenvalue weighted by Crippen LogP contribution is -3.11. The van der Waals surface area contributed by atoms with E-state index in [1.807, 2.05) is 0 Å². The second-order valence-corrected chi connectivity index (χ2v) is 5.77. The molecule has 1 rings (SSSR count). The molecule has 0 heterocycles. The molecule has 26 heavy (non-hydrogen) atoms. The molecule has 0 radical (unpaired) electrons. The summed E-state index contributed by atoms with van der Waals surface area (Å²) in [4.78, 5) is 35.7. The molecule has 4 N–H and O–H groups in total. The minimum Gasteiger partial charge on any atom is -0.355 e.